The van der Waals surface area contributed by atoms with Crippen LogP contribution in [0.4, 0.5) is 5.69 Å². The standard InChI is InChI=1S/C15H12N2O3S/c16-10-5-3-7-17-14(10)21-8-12-13(15(18)19)9-4-1-2-6-11(9)20-12/h1-7H,8,16H2,(H,18,19). The average molecular weight is 300 g/mol. The highest BCUT2D eigenvalue weighted by molar-refractivity contribution is 7.98. The van der Waals surface area contributed by atoms with Crippen molar-refractivity contribution in [3.8, 4) is 0 Å². The van der Waals surface area contributed by atoms with Crippen molar-refractivity contribution in [1.82, 2.24) is 4.98 Å². The molecule has 0 unspecified atom stereocenters. The highest BCUT2D eigenvalue weighted by atomic mass is 32.2. The molecule has 0 radical (unpaired) electrons. The quantitative estimate of drug-likeness (QED) is 0.718. The number of thioether (sulfide) groups is 1. The van der Waals surface area contributed by atoms with Crippen LogP contribution < -0.4 is 5.73 Å². The SMILES string of the molecule is Nc1cccnc1SCc1oc2ccccc2c1C(=O)O. The van der Waals surface area contributed by atoms with Gasteiger partial charge < -0.3 is 15.3 Å². The van der Waals surface area contributed by atoms with Crippen LogP contribution >= 0.6 is 11.8 Å². The van der Waals surface area contributed by atoms with E-state index in [4.69, 9.17) is 10.2 Å². The molecule has 0 aliphatic carbocycles. The van der Waals surface area contributed by atoms with Crippen LogP contribution in [0.1, 0.15) is 16.1 Å². The summed E-state index contributed by atoms with van der Waals surface area (Å²) in [7, 11) is 0. The minimum atomic E-state index is -0.996. The first kappa shape index (κ1) is 13.5. The van der Waals surface area contributed by atoms with E-state index in [1.54, 1.807) is 36.5 Å². The number of carbonyl (C=O) groups is 1. The van der Waals surface area contributed by atoms with Crippen molar-refractivity contribution >= 4 is 34.4 Å². The lowest BCUT2D eigenvalue weighted by Crippen LogP contribution is -1.99. The van der Waals surface area contributed by atoms with Crippen LogP contribution in [0.5, 0.6) is 0 Å². The number of fused-ring (bicyclic) bond motifs is 1. The Morgan fingerprint density at radius 3 is 2.86 bits per heavy atom. The van der Waals surface area contributed by atoms with E-state index in [0.717, 1.165) is 0 Å². The van der Waals surface area contributed by atoms with Crippen LogP contribution in [0.2, 0.25) is 0 Å². The summed E-state index contributed by atoms with van der Waals surface area (Å²) in [5.41, 5.74) is 7.16. The number of pyridine rings is 1. The van der Waals surface area contributed by atoms with Gasteiger partial charge in [0.1, 0.15) is 21.9 Å². The molecule has 106 valence electrons. The number of nitrogen functional groups attached to an aromatic ring is 1. The molecule has 21 heavy (non-hydrogen) atoms. The van der Waals surface area contributed by atoms with Gasteiger partial charge in [-0.15, -0.1) is 0 Å². The van der Waals surface area contributed by atoms with Crippen molar-refractivity contribution in [1.29, 1.82) is 0 Å². The third-order valence-electron chi connectivity index (χ3n) is 3.02. The van der Waals surface area contributed by atoms with Gasteiger partial charge in [-0.1, -0.05) is 30.0 Å². The first-order chi connectivity index (χ1) is 10.2. The molecule has 5 nitrogen and oxygen atoms in total. The third-order valence-corrected chi connectivity index (χ3v) is 4.04. The van der Waals surface area contributed by atoms with Crippen LogP contribution in [0.3, 0.4) is 0 Å². The van der Waals surface area contributed by atoms with Gasteiger partial charge in [0.25, 0.3) is 0 Å². The van der Waals surface area contributed by atoms with Gasteiger partial charge in [0.2, 0.25) is 0 Å². The van der Waals surface area contributed by atoms with Crippen LogP contribution in [0.25, 0.3) is 11.0 Å². The summed E-state index contributed by atoms with van der Waals surface area (Å²) in [6.07, 6.45) is 1.65. The average Bonchev–Trinajstić information content (AvgIpc) is 2.85. The van der Waals surface area contributed by atoms with E-state index in [0.29, 0.717) is 33.2 Å². The van der Waals surface area contributed by atoms with Crippen molar-refractivity contribution in [2.45, 2.75) is 10.8 Å². The molecule has 0 spiro atoms. The maximum absolute atomic E-state index is 11.5. The van der Waals surface area contributed by atoms with Crippen molar-refractivity contribution in [2.24, 2.45) is 0 Å². The minimum absolute atomic E-state index is 0.201. The van der Waals surface area contributed by atoms with E-state index in [-0.39, 0.29) is 5.56 Å². The van der Waals surface area contributed by atoms with E-state index in [9.17, 15) is 9.90 Å². The first-order valence-corrected chi connectivity index (χ1v) is 7.22. The number of nitrogens with two attached hydrogens (primary N) is 1. The second-order valence-corrected chi connectivity index (χ2v) is 5.35. The van der Waals surface area contributed by atoms with E-state index in [1.807, 2.05) is 6.07 Å². The number of anilines is 1. The Morgan fingerprint density at radius 1 is 1.29 bits per heavy atom. The van der Waals surface area contributed by atoms with E-state index < -0.39 is 5.97 Å². The summed E-state index contributed by atoms with van der Waals surface area (Å²) in [5.74, 6) is -0.222. The highest BCUT2D eigenvalue weighted by Crippen LogP contribution is 2.32. The molecule has 0 saturated carbocycles. The summed E-state index contributed by atoms with van der Waals surface area (Å²) in [6.45, 7) is 0. The monoisotopic (exact) mass is 300 g/mol. The summed E-state index contributed by atoms with van der Waals surface area (Å²) < 4.78 is 5.65. The number of benzene rings is 1. The Hall–Kier alpha value is -2.47. The van der Waals surface area contributed by atoms with Gasteiger partial charge in [0.15, 0.2) is 0 Å². The van der Waals surface area contributed by atoms with E-state index >= 15 is 0 Å². The number of nitrogens with zero attached hydrogens (tertiary/aromatic N) is 1. The lowest BCUT2D eigenvalue weighted by molar-refractivity contribution is 0.0697. The summed E-state index contributed by atoms with van der Waals surface area (Å²) >= 11 is 1.35. The Bertz CT molecular complexity index is 814. The smallest absolute Gasteiger partial charge is 0.339 e. The predicted octanol–water partition coefficient (Wildman–Crippen LogP) is 3.40. The van der Waals surface area contributed by atoms with Crippen LogP contribution in [-0.4, -0.2) is 16.1 Å². The Kier molecular flexibility index (Phi) is 3.53. The maximum Gasteiger partial charge on any atom is 0.339 e. The summed E-state index contributed by atoms with van der Waals surface area (Å²) in [4.78, 5) is 15.6. The van der Waals surface area contributed by atoms with Crippen molar-refractivity contribution in [2.75, 3.05) is 5.73 Å². The van der Waals surface area contributed by atoms with Gasteiger partial charge in [-0.3, -0.25) is 0 Å². The molecule has 3 N–H and O–H groups in total. The molecule has 3 aromatic rings. The number of hydrogen-bond donors (Lipinski definition) is 2. The Morgan fingerprint density at radius 2 is 2.10 bits per heavy atom. The number of carboxylic acids is 1. The predicted molar refractivity (Wildman–Crippen MR) is 81.4 cm³/mol. The minimum Gasteiger partial charge on any atom is -0.478 e. The molecule has 0 aliphatic rings. The fourth-order valence-electron chi connectivity index (χ4n) is 2.09. The number of rotatable bonds is 4. The van der Waals surface area contributed by atoms with Crippen molar-refractivity contribution in [3.63, 3.8) is 0 Å². The molecule has 2 heterocycles. The summed E-state index contributed by atoms with van der Waals surface area (Å²) in [6, 6.07) is 10.6. The molecule has 0 bridgehead atoms. The van der Waals surface area contributed by atoms with Crippen LogP contribution in [0.15, 0.2) is 52.0 Å². The van der Waals surface area contributed by atoms with Gasteiger partial charge in [0, 0.05) is 11.6 Å². The van der Waals surface area contributed by atoms with E-state index in [1.165, 1.54) is 11.8 Å². The molecule has 0 fully saturated rings. The molecular weight excluding hydrogens is 288 g/mol. The normalized spacial score (nSPS) is 10.9. The maximum atomic E-state index is 11.5. The highest BCUT2D eigenvalue weighted by Gasteiger charge is 2.20. The molecule has 0 aliphatic heterocycles. The first-order valence-electron chi connectivity index (χ1n) is 6.24. The molecule has 0 saturated heterocycles. The number of para-hydroxylation sites is 1. The topological polar surface area (TPSA) is 89.4 Å². The van der Waals surface area contributed by atoms with Gasteiger partial charge in [-0.2, -0.15) is 0 Å². The molecule has 0 atom stereocenters. The third kappa shape index (κ3) is 2.57. The zero-order chi connectivity index (χ0) is 14.8. The largest absolute Gasteiger partial charge is 0.478 e. The van der Waals surface area contributed by atoms with Crippen LogP contribution in [0, 0.1) is 0 Å². The molecule has 6 heteroatoms. The fourth-order valence-corrected chi connectivity index (χ4v) is 2.93. The number of hydrogen-bond acceptors (Lipinski definition) is 5. The number of furan rings is 1. The van der Waals surface area contributed by atoms with E-state index in [2.05, 4.69) is 4.98 Å². The molecule has 0 amide bonds. The second-order valence-electron chi connectivity index (χ2n) is 4.39. The molecule has 1 aromatic carbocycles. The number of aromatic nitrogens is 1. The number of carboxylic acid groups (broad SMARTS) is 1. The summed E-state index contributed by atoms with van der Waals surface area (Å²) in [5, 5.41) is 10.7. The van der Waals surface area contributed by atoms with Gasteiger partial charge in [0.05, 0.1) is 11.4 Å². The van der Waals surface area contributed by atoms with Gasteiger partial charge in [-0.25, -0.2) is 9.78 Å². The zero-order valence-electron chi connectivity index (χ0n) is 10.9. The second kappa shape index (κ2) is 5.49. The van der Waals surface area contributed by atoms with Crippen molar-refractivity contribution < 1.29 is 14.3 Å². The Labute approximate surface area is 124 Å². The molecule has 3 rings (SSSR count). The van der Waals surface area contributed by atoms with Crippen molar-refractivity contribution in [3.05, 3.63) is 53.9 Å². The van der Waals surface area contributed by atoms with Gasteiger partial charge in [-0.05, 0) is 18.2 Å². The Balaban J connectivity index is 1.95. The number of aromatic carboxylic acids is 1. The lowest BCUT2D eigenvalue weighted by atomic mass is 10.1. The lowest BCUT2D eigenvalue weighted by Gasteiger charge is -2.02. The zero-order valence-corrected chi connectivity index (χ0v) is 11.8. The molecular formula is C15H12N2O3S. The van der Waals surface area contributed by atoms with Crippen LogP contribution in [-0.2, 0) is 5.75 Å². The van der Waals surface area contributed by atoms with Gasteiger partial charge >= 0.3 is 5.97 Å². The molecule has 2 aromatic heterocycles. The fraction of sp³-hybridized carbons (Fsp3) is 0.0667.